The summed E-state index contributed by atoms with van der Waals surface area (Å²) in [6.07, 6.45) is 1.73. The zero-order chi connectivity index (χ0) is 15.0. The quantitative estimate of drug-likeness (QED) is 0.875. The van der Waals surface area contributed by atoms with Crippen LogP contribution in [0.5, 0.6) is 0 Å². The van der Waals surface area contributed by atoms with E-state index < -0.39 is 0 Å². The minimum atomic E-state index is 0.0346. The standard InChI is InChI=1S/C13H18N6OS/c1-7-10(15-8(2)21-7)12(20)19-5-3-9(4-6-19)11-16-13(14)18-17-11/h9H,3-6H2,1-2H3,(H3,14,16,17,18). The number of nitrogens with zero attached hydrogens (tertiary/aromatic N) is 4. The molecule has 0 saturated carbocycles. The van der Waals surface area contributed by atoms with Crippen molar-refractivity contribution >= 4 is 23.2 Å². The average Bonchev–Trinajstić information content (AvgIpc) is 3.04. The number of aromatic nitrogens is 4. The number of carbonyl (C=O) groups is 1. The number of nitrogens with two attached hydrogens (primary N) is 1. The number of thiazole rings is 1. The lowest BCUT2D eigenvalue weighted by Gasteiger charge is -2.30. The zero-order valence-corrected chi connectivity index (χ0v) is 12.9. The summed E-state index contributed by atoms with van der Waals surface area (Å²) < 4.78 is 0. The van der Waals surface area contributed by atoms with Gasteiger partial charge in [0.1, 0.15) is 11.5 Å². The fourth-order valence-electron chi connectivity index (χ4n) is 2.70. The van der Waals surface area contributed by atoms with Crippen LogP contribution in [-0.2, 0) is 0 Å². The summed E-state index contributed by atoms with van der Waals surface area (Å²) in [5.74, 6) is 1.42. The molecule has 0 aromatic carbocycles. The van der Waals surface area contributed by atoms with E-state index >= 15 is 0 Å². The van der Waals surface area contributed by atoms with E-state index in [1.54, 1.807) is 11.3 Å². The van der Waals surface area contributed by atoms with Gasteiger partial charge in [-0.15, -0.1) is 16.4 Å². The van der Waals surface area contributed by atoms with Gasteiger partial charge in [0.25, 0.3) is 5.91 Å². The van der Waals surface area contributed by atoms with Crippen LogP contribution in [0.25, 0.3) is 0 Å². The average molecular weight is 306 g/mol. The Kier molecular flexibility index (Phi) is 3.62. The minimum Gasteiger partial charge on any atom is -0.367 e. The van der Waals surface area contributed by atoms with Gasteiger partial charge in [0.15, 0.2) is 0 Å². The van der Waals surface area contributed by atoms with Crippen LogP contribution in [-0.4, -0.2) is 44.1 Å². The molecule has 0 spiro atoms. The molecule has 0 unspecified atom stereocenters. The Hall–Kier alpha value is -1.96. The Bertz CT molecular complexity index is 655. The molecule has 1 aliphatic rings. The summed E-state index contributed by atoms with van der Waals surface area (Å²) in [4.78, 5) is 23.9. The Morgan fingerprint density at radius 3 is 2.57 bits per heavy atom. The number of hydrogen-bond donors (Lipinski definition) is 2. The SMILES string of the molecule is Cc1nc(C(=O)N2CCC(c3nc(N)n[nH]3)CC2)c(C)s1. The molecule has 0 bridgehead atoms. The van der Waals surface area contributed by atoms with Gasteiger partial charge in [0.2, 0.25) is 5.95 Å². The second-order valence-corrected chi connectivity index (χ2v) is 6.69. The van der Waals surface area contributed by atoms with E-state index in [9.17, 15) is 4.79 Å². The summed E-state index contributed by atoms with van der Waals surface area (Å²) in [7, 11) is 0. The van der Waals surface area contributed by atoms with Crippen LogP contribution in [0.3, 0.4) is 0 Å². The Morgan fingerprint density at radius 1 is 1.33 bits per heavy atom. The Labute approximate surface area is 126 Å². The third-order valence-electron chi connectivity index (χ3n) is 3.79. The minimum absolute atomic E-state index is 0.0346. The molecule has 7 nitrogen and oxygen atoms in total. The maximum absolute atomic E-state index is 12.5. The molecule has 2 aromatic heterocycles. The summed E-state index contributed by atoms with van der Waals surface area (Å²) in [5.41, 5.74) is 6.13. The predicted molar refractivity (Wildman–Crippen MR) is 80.3 cm³/mol. The summed E-state index contributed by atoms with van der Waals surface area (Å²) in [6.45, 7) is 5.29. The molecule has 112 valence electrons. The molecule has 2 aromatic rings. The highest BCUT2D eigenvalue weighted by molar-refractivity contribution is 7.11. The van der Waals surface area contributed by atoms with Crippen LogP contribution in [0.15, 0.2) is 0 Å². The summed E-state index contributed by atoms with van der Waals surface area (Å²) in [5, 5.41) is 7.66. The zero-order valence-electron chi connectivity index (χ0n) is 12.1. The molecule has 3 N–H and O–H groups in total. The fourth-order valence-corrected chi connectivity index (χ4v) is 3.51. The van der Waals surface area contributed by atoms with Crippen LogP contribution in [0.1, 0.15) is 45.0 Å². The van der Waals surface area contributed by atoms with E-state index in [4.69, 9.17) is 5.73 Å². The largest absolute Gasteiger partial charge is 0.367 e. The van der Waals surface area contributed by atoms with E-state index in [1.807, 2.05) is 18.7 Å². The normalized spacial score (nSPS) is 16.4. The van der Waals surface area contributed by atoms with Gasteiger partial charge >= 0.3 is 0 Å². The maximum Gasteiger partial charge on any atom is 0.273 e. The number of carbonyl (C=O) groups excluding carboxylic acids is 1. The summed E-state index contributed by atoms with van der Waals surface area (Å²) in [6, 6.07) is 0. The van der Waals surface area contributed by atoms with Gasteiger partial charge in [0, 0.05) is 23.9 Å². The van der Waals surface area contributed by atoms with Crippen molar-refractivity contribution in [2.24, 2.45) is 0 Å². The maximum atomic E-state index is 12.5. The van der Waals surface area contributed by atoms with Crippen molar-refractivity contribution in [2.45, 2.75) is 32.6 Å². The van der Waals surface area contributed by atoms with Crippen LogP contribution < -0.4 is 5.73 Å². The highest BCUT2D eigenvalue weighted by atomic mass is 32.1. The lowest BCUT2D eigenvalue weighted by Crippen LogP contribution is -2.38. The number of amides is 1. The van der Waals surface area contributed by atoms with E-state index in [2.05, 4.69) is 20.2 Å². The van der Waals surface area contributed by atoms with Crippen molar-refractivity contribution in [1.82, 2.24) is 25.1 Å². The van der Waals surface area contributed by atoms with Gasteiger partial charge < -0.3 is 10.6 Å². The number of H-pyrrole nitrogens is 1. The number of aryl methyl sites for hydroxylation is 2. The molecule has 1 saturated heterocycles. The first kappa shape index (κ1) is 14.0. The number of likely N-dealkylation sites (tertiary alicyclic amines) is 1. The third-order valence-corrected chi connectivity index (χ3v) is 4.68. The van der Waals surface area contributed by atoms with Gasteiger partial charge in [-0.3, -0.25) is 9.89 Å². The summed E-state index contributed by atoms with van der Waals surface area (Å²) >= 11 is 1.57. The van der Waals surface area contributed by atoms with Gasteiger partial charge in [-0.2, -0.15) is 4.98 Å². The second kappa shape index (κ2) is 5.44. The van der Waals surface area contributed by atoms with Crippen LogP contribution in [0.2, 0.25) is 0 Å². The van der Waals surface area contributed by atoms with Gasteiger partial charge in [-0.05, 0) is 26.7 Å². The van der Waals surface area contributed by atoms with Gasteiger partial charge in [-0.1, -0.05) is 0 Å². The molecule has 1 aliphatic heterocycles. The van der Waals surface area contributed by atoms with Crippen molar-refractivity contribution < 1.29 is 4.79 Å². The molecule has 0 aliphatic carbocycles. The lowest BCUT2D eigenvalue weighted by atomic mass is 9.96. The highest BCUT2D eigenvalue weighted by Crippen LogP contribution is 2.27. The number of hydrogen-bond acceptors (Lipinski definition) is 6. The van der Waals surface area contributed by atoms with Crippen LogP contribution in [0.4, 0.5) is 5.95 Å². The van der Waals surface area contributed by atoms with Gasteiger partial charge in [-0.25, -0.2) is 4.98 Å². The monoisotopic (exact) mass is 306 g/mol. The molecule has 21 heavy (non-hydrogen) atoms. The van der Waals surface area contributed by atoms with E-state index in [0.717, 1.165) is 28.6 Å². The molecular weight excluding hydrogens is 288 g/mol. The smallest absolute Gasteiger partial charge is 0.273 e. The van der Waals surface area contributed by atoms with Crippen LogP contribution >= 0.6 is 11.3 Å². The molecule has 0 radical (unpaired) electrons. The number of nitrogens with one attached hydrogen (secondary N) is 1. The first-order chi connectivity index (χ1) is 10.0. The molecule has 1 amide bonds. The molecule has 3 heterocycles. The third kappa shape index (κ3) is 2.76. The topological polar surface area (TPSA) is 101 Å². The number of piperidine rings is 1. The van der Waals surface area contributed by atoms with E-state index in [-0.39, 0.29) is 17.8 Å². The number of nitrogen functional groups attached to an aromatic ring is 1. The van der Waals surface area contributed by atoms with E-state index in [0.29, 0.717) is 18.8 Å². The van der Waals surface area contributed by atoms with Crippen molar-refractivity contribution in [3.8, 4) is 0 Å². The lowest BCUT2D eigenvalue weighted by molar-refractivity contribution is 0.0705. The number of anilines is 1. The highest BCUT2D eigenvalue weighted by Gasteiger charge is 2.28. The van der Waals surface area contributed by atoms with E-state index in [1.165, 1.54) is 0 Å². The Balaban J connectivity index is 1.65. The number of rotatable bonds is 2. The number of aromatic amines is 1. The molecule has 3 rings (SSSR count). The Morgan fingerprint density at radius 2 is 2.05 bits per heavy atom. The molecule has 0 atom stereocenters. The van der Waals surface area contributed by atoms with Crippen LogP contribution in [0, 0.1) is 13.8 Å². The molecule has 1 fully saturated rings. The van der Waals surface area contributed by atoms with Crippen molar-refractivity contribution in [3.63, 3.8) is 0 Å². The first-order valence-electron chi connectivity index (χ1n) is 6.95. The molecule has 8 heteroatoms. The second-order valence-electron chi connectivity index (χ2n) is 5.28. The first-order valence-corrected chi connectivity index (χ1v) is 7.77. The van der Waals surface area contributed by atoms with Crippen molar-refractivity contribution in [2.75, 3.05) is 18.8 Å². The van der Waals surface area contributed by atoms with Crippen molar-refractivity contribution in [1.29, 1.82) is 0 Å². The predicted octanol–water partition coefficient (Wildman–Crippen LogP) is 1.48. The molecular formula is C13H18N6OS. The van der Waals surface area contributed by atoms with Gasteiger partial charge in [0.05, 0.1) is 5.01 Å². The fraction of sp³-hybridized carbons (Fsp3) is 0.538. The van der Waals surface area contributed by atoms with Crippen molar-refractivity contribution in [3.05, 3.63) is 21.4 Å².